The number of rotatable bonds is 13. The summed E-state index contributed by atoms with van der Waals surface area (Å²) in [5.41, 5.74) is 3.39. The van der Waals surface area contributed by atoms with Gasteiger partial charge >= 0.3 is 5.97 Å². The van der Waals surface area contributed by atoms with E-state index in [0.717, 1.165) is 23.7 Å². The number of hydrogen-bond acceptors (Lipinski definition) is 6. The van der Waals surface area contributed by atoms with Gasteiger partial charge in [-0.2, -0.15) is 5.10 Å². The zero-order chi connectivity index (χ0) is 24.1. The number of carbonyl (C=O) groups is 2. The van der Waals surface area contributed by atoms with E-state index >= 15 is 0 Å². The Kier molecular flexibility index (Phi) is 11.4. The molecule has 33 heavy (non-hydrogen) atoms. The number of ether oxygens (including phenoxy) is 3. The minimum Gasteiger partial charge on any atom is -0.493 e. The number of halogens is 1. The van der Waals surface area contributed by atoms with Crippen molar-refractivity contribution >= 4 is 34.0 Å². The van der Waals surface area contributed by atoms with Crippen LogP contribution in [0.2, 0.25) is 0 Å². The SMILES string of the molecule is CCCCCCCCC(=O)NN=Cc1cc(Br)ccc1OC(=O)c1ccc(OC)c(OC)c1. The topological polar surface area (TPSA) is 86.2 Å². The average Bonchev–Trinajstić information content (AvgIpc) is 2.82. The molecular formula is C25H31BrN2O5. The third kappa shape index (κ3) is 8.88. The van der Waals surface area contributed by atoms with Crippen LogP contribution >= 0.6 is 15.9 Å². The molecule has 0 unspecified atom stereocenters. The summed E-state index contributed by atoms with van der Waals surface area (Å²) in [7, 11) is 3.02. The van der Waals surface area contributed by atoms with E-state index in [1.807, 2.05) is 0 Å². The molecule has 0 radical (unpaired) electrons. The van der Waals surface area contributed by atoms with Crippen molar-refractivity contribution in [2.45, 2.75) is 51.9 Å². The molecule has 0 spiro atoms. The standard InChI is InChI=1S/C25H31BrN2O5/c1-4-5-6-7-8-9-10-24(29)28-27-17-19-15-20(26)12-14-21(19)33-25(30)18-11-13-22(31-2)23(16-18)32-3/h11-17H,4-10H2,1-3H3,(H,28,29). The molecule has 0 aliphatic heterocycles. The predicted octanol–water partition coefficient (Wildman–Crippen LogP) is 5.89. The summed E-state index contributed by atoms with van der Waals surface area (Å²) in [5.74, 6) is 0.562. The number of hydrazone groups is 1. The van der Waals surface area contributed by atoms with Crippen LogP contribution in [0.1, 0.15) is 67.8 Å². The summed E-state index contributed by atoms with van der Waals surface area (Å²) in [6, 6.07) is 9.95. The summed E-state index contributed by atoms with van der Waals surface area (Å²) in [6.07, 6.45) is 8.58. The van der Waals surface area contributed by atoms with Gasteiger partial charge in [0.25, 0.3) is 0 Å². The highest BCUT2D eigenvalue weighted by atomic mass is 79.9. The smallest absolute Gasteiger partial charge is 0.343 e. The van der Waals surface area contributed by atoms with Gasteiger partial charge in [-0.25, -0.2) is 10.2 Å². The molecule has 8 heteroatoms. The molecule has 0 heterocycles. The molecule has 0 bridgehead atoms. The highest BCUT2D eigenvalue weighted by Gasteiger charge is 2.15. The van der Waals surface area contributed by atoms with Gasteiger partial charge in [-0.15, -0.1) is 0 Å². The summed E-state index contributed by atoms with van der Waals surface area (Å²) in [6.45, 7) is 2.18. The first-order chi connectivity index (χ1) is 16.0. The maximum atomic E-state index is 12.7. The van der Waals surface area contributed by atoms with Crippen LogP contribution in [-0.4, -0.2) is 32.3 Å². The molecule has 0 saturated heterocycles. The normalized spacial score (nSPS) is 10.8. The second-order valence-corrected chi connectivity index (χ2v) is 8.37. The van der Waals surface area contributed by atoms with Crippen LogP contribution in [-0.2, 0) is 4.79 Å². The van der Waals surface area contributed by atoms with Gasteiger partial charge in [0.15, 0.2) is 11.5 Å². The molecule has 0 fully saturated rings. The number of hydrogen-bond donors (Lipinski definition) is 1. The van der Waals surface area contributed by atoms with Gasteiger partial charge < -0.3 is 14.2 Å². The molecule has 0 saturated carbocycles. The molecule has 1 amide bonds. The van der Waals surface area contributed by atoms with Crippen molar-refractivity contribution in [3.05, 3.63) is 52.0 Å². The zero-order valence-corrected chi connectivity index (χ0v) is 20.9. The van der Waals surface area contributed by atoms with Crippen LogP contribution in [0.15, 0.2) is 46.0 Å². The zero-order valence-electron chi connectivity index (χ0n) is 19.4. The van der Waals surface area contributed by atoms with Crippen molar-refractivity contribution in [1.82, 2.24) is 5.43 Å². The summed E-state index contributed by atoms with van der Waals surface area (Å²) in [5, 5.41) is 4.03. The van der Waals surface area contributed by atoms with E-state index in [-0.39, 0.29) is 5.91 Å². The lowest BCUT2D eigenvalue weighted by Gasteiger charge is -2.11. The molecular weight excluding hydrogens is 488 g/mol. The lowest BCUT2D eigenvalue weighted by molar-refractivity contribution is -0.121. The number of nitrogens with one attached hydrogen (secondary N) is 1. The van der Waals surface area contributed by atoms with E-state index < -0.39 is 5.97 Å². The van der Waals surface area contributed by atoms with Gasteiger partial charge in [-0.1, -0.05) is 55.0 Å². The van der Waals surface area contributed by atoms with Crippen molar-refractivity contribution in [3.8, 4) is 17.2 Å². The second-order valence-electron chi connectivity index (χ2n) is 7.45. The van der Waals surface area contributed by atoms with Crippen LogP contribution in [0.5, 0.6) is 17.2 Å². The van der Waals surface area contributed by atoms with E-state index in [4.69, 9.17) is 14.2 Å². The van der Waals surface area contributed by atoms with Gasteiger partial charge in [0.1, 0.15) is 5.75 Å². The molecule has 0 atom stereocenters. The molecule has 0 aliphatic rings. The second kappa shape index (κ2) is 14.3. The first kappa shape index (κ1) is 26.4. The summed E-state index contributed by atoms with van der Waals surface area (Å²) >= 11 is 3.40. The molecule has 178 valence electrons. The molecule has 7 nitrogen and oxygen atoms in total. The third-order valence-corrected chi connectivity index (χ3v) is 5.44. The Hall–Kier alpha value is -2.87. The molecule has 2 rings (SSSR count). The maximum Gasteiger partial charge on any atom is 0.343 e. The van der Waals surface area contributed by atoms with Gasteiger partial charge in [-0.05, 0) is 42.8 Å². The monoisotopic (exact) mass is 518 g/mol. The number of carbonyl (C=O) groups excluding carboxylic acids is 2. The highest BCUT2D eigenvalue weighted by Crippen LogP contribution is 2.29. The molecule has 2 aromatic rings. The van der Waals surface area contributed by atoms with Gasteiger partial charge in [-0.3, -0.25) is 4.79 Å². The van der Waals surface area contributed by atoms with Gasteiger partial charge in [0, 0.05) is 16.5 Å². The average molecular weight is 519 g/mol. The lowest BCUT2D eigenvalue weighted by atomic mass is 10.1. The van der Waals surface area contributed by atoms with E-state index in [0.29, 0.717) is 34.8 Å². The summed E-state index contributed by atoms with van der Waals surface area (Å²) < 4.78 is 16.8. The van der Waals surface area contributed by atoms with Crippen molar-refractivity contribution in [2.75, 3.05) is 14.2 Å². The molecule has 0 aliphatic carbocycles. The minimum atomic E-state index is -0.556. The Morgan fingerprint density at radius 2 is 1.64 bits per heavy atom. The first-order valence-electron chi connectivity index (χ1n) is 11.0. The first-order valence-corrected chi connectivity index (χ1v) is 11.8. The Labute approximate surface area is 203 Å². The molecule has 2 aromatic carbocycles. The van der Waals surface area contributed by atoms with Crippen molar-refractivity contribution in [1.29, 1.82) is 0 Å². The number of methoxy groups -OCH3 is 2. The Bertz CT molecular complexity index is 962. The molecule has 0 aromatic heterocycles. The Morgan fingerprint density at radius 1 is 0.939 bits per heavy atom. The van der Waals surface area contributed by atoms with Gasteiger partial charge in [0.05, 0.1) is 26.0 Å². The Morgan fingerprint density at radius 3 is 2.36 bits per heavy atom. The number of esters is 1. The van der Waals surface area contributed by atoms with Crippen LogP contribution in [0.4, 0.5) is 0 Å². The fourth-order valence-corrected chi connectivity index (χ4v) is 3.51. The molecule has 1 N–H and O–H groups in total. The predicted molar refractivity (Wildman–Crippen MR) is 132 cm³/mol. The highest BCUT2D eigenvalue weighted by molar-refractivity contribution is 9.10. The number of unbranched alkanes of at least 4 members (excludes halogenated alkanes) is 5. The lowest BCUT2D eigenvalue weighted by Crippen LogP contribution is -2.17. The van der Waals surface area contributed by atoms with Gasteiger partial charge in [0.2, 0.25) is 5.91 Å². The minimum absolute atomic E-state index is 0.138. The number of benzene rings is 2. The van der Waals surface area contributed by atoms with Crippen LogP contribution in [0.3, 0.4) is 0 Å². The fraction of sp³-hybridized carbons (Fsp3) is 0.400. The van der Waals surface area contributed by atoms with Crippen molar-refractivity contribution < 1.29 is 23.8 Å². The Balaban J connectivity index is 1.98. The largest absolute Gasteiger partial charge is 0.493 e. The van der Waals surface area contributed by atoms with E-state index in [1.54, 1.807) is 36.4 Å². The van der Waals surface area contributed by atoms with E-state index in [1.165, 1.54) is 39.7 Å². The number of amides is 1. The van der Waals surface area contributed by atoms with E-state index in [2.05, 4.69) is 33.4 Å². The van der Waals surface area contributed by atoms with Crippen LogP contribution in [0.25, 0.3) is 0 Å². The fourth-order valence-electron chi connectivity index (χ4n) is 3.13. The van der Waals surface area contributed by atoms with E-state index in [9.17, 15) is 9.59 Å². The van der Waals surface area contributed by atoms with Crippen molar-refractivity contribution in [3.63, 3.8) is 0 Å². The number of nitrogens with zero attached hydrogens (tertiary/aromatic N) is 1. The summed E-state index contributed by atoms with van der Waals surface area (Å²) in [4.78, 5) is 24.7. The van der Waals surface area contributed by atoms with Crippen molar-refractivity contribution in [2.24, 2.45) is 5.10 Å². The quantitative estimate of drug-likeness (QED) is 0.117. The maximum absolute atomic E-state index is 12.7. The van der Waals surface area contributed by atoms with Crippen LogP contribution in [0, 0.1) is 0 Å². The third-order valence-electron chi connectivity index (χ3n) is 4.94. The van der Waals surface area contributed by atoms with Crippen LogP contribution < -0.4 is 19.6 Å².